The average molecular weight is 432 g/mol. The molecule has 4 rings (SSSR count). The molecule has 1 saturated heterocycles. The maximum Gasteiger partial charge on any atom is 0.268 e. The first kappa shape index (κ1) is 21.8. The molecule has 1 N–H and O–H groups in total. The van der Waals surface area contributed by atoms with Gasteiger partial charge in [-0.3, -0.25) is 19.0 Å². The van der Waals surface area contributed by atoms with E-state index in [1.807, 2.05) is 43.3 Å². The summed E-state index contributed by atoms with van der Waals surface area (Å²) < 4.78 is 1.56. The molecule has 0 unspecified atom stereocenters. The molecule has 6 nitrogen and oxygen atoms in total. The number of hydrogen-bond donors (Lipinski definition) is 1. The minimum absolute atomic E-state index is 0.108. The number of nitrogens with one attached hydrogen (secondary N) is 1. The summed E-state index contributed by atoms with van der Waals surface area (Å²) in [6, 6.07) is 13.3. The van der Waals surface area contributed by atoms with Crippen LogP contribution in [0.25, 0.3) is 5.69 Å². The zero-order valence-electron chi connectivity index (χ0n) is 18.8. The number of aromatic nitrogens is 2. The number of pyridine rings is 2. The van der Waals surface area contributed by atoms with E-state index in [4.69, 9.17) is 0 Å². The molecule has 3 aromatic rings. The first-order valence-corrected chi connectivity index (χ1v) is 11.2. The smallest absolute Gasteiger partial charge is 0.268 e. The van der Waals surface area contributed by atoms with Gasteiger partial charge >= 0.3 is 0 Å². The van der Waals surface area contributed by atoms with E-state index in [0.717, 1.165) is 29.7 Å². The van der Waals surface area contributed by atoms with E-state index >= 15 is 0 Å². The Labute approximate surface area is 187 Å². The van der Waals surface area contributed by atoms with Crippen LogP contribution in [0.2, 0.25) is 0 Å². The summed E-state index contributed by atoms with van der Waals surface area (Å²) in [6.07, 6.45) is 4.95. The Morgan fingerprint density at radius 1 is 1.06 bits per heavy atom. The van der Waals surface area contributed by atoms with E-state index in [0.29, 0.717) is 24.6 Å². The van der Waals surface area contributed by atoms with Crippen molar-refractivity contribution in [2.24, 2.45) is 0 Å². The summed E-state index contributed by atoms with van der Waals surface area (Å²) in [5, 5.41) is 0. The molecule has 1 aliphatic rings. The summed E-state index contributed by atoms with van der Waals surface area (Å²) >= 11 is 0. The van der Waals surface area contributed by atoms with E-state index in [2.05, 4.69) is 18.8 Å². The molecule has 0 bridgehead atoms. The molecule has 1 fully saturated rings. The number of nitrogens with zero attached hydrogens (tertiary/aromatic N) is 2. The third-order valence-corrected chi connectivity index (χ3v) is 6.38. The Morgan fingerprint density at radius 3 is 2.50 bits per heavy atom. The number of H-pyrrole nitrogens is 1. The highest BCUT2D eigenvalue weighted by atomic mass is 16.2. The molecule has 0 radical (unpaired) electrons. The largest absolute Gasteiger partial charge is 0.338 e. The number of aromatic amines is 1. The first-order valence-electron chi connectivity index (χ1n) is 11.2. The van der Waals surface area contributed by atoms with Gasteiger partial charge in [0, 0.05) is 37.2 Å². The number of carbonyl (C=O) groups is 1. The molecular formula is C26H29N3O3. The second-order valence-corrected chi connectivity index (χ2v) is 8.85. The number of amides is 1. The van der Waals surface area contributed by atoms with Gasteiger partial charge in [0.2, 0.25) is 5.56 Å². The van der Waals surface area contributed by atoms with Crippen molar-refractivity contribution < 1.29 is 4.79 Å². The number of likely N-dealkylation sites (tertiary alicyclic amines) is 1. The minimum Gasteiger partial charge on any atom is -0.338 e. The lowest BCUT2D eigenvalue weighted by molar-refractivity contribution is 0.0710. The fourth-order valence-electron chi connectivity index (χ4n) is 4.41. The number of benzene rings is 1. The Bertz CT molecular complexity index is 1250. The lowest BCUT2D eigenvalue weighted by Crippen LogP contribution is -2.41. The van der Waals surface area contributed by atoms with Crippen molar-refractivity contribution in [2.45, 2.75) is 45.4 Å². The molecule has 0 aliphatic carbocycles. The molecule has 0 saturated carbocycles. The number of carbonyl (C=O) groups excluding carboxylic acids is 1. The van der Waals surface area contributed by atoms with Crippen molar-refractivity contribution in [1.82, 2.24) is 14.5 Å². The fraction of sp³-hybridized carbons (Fsp3) is 0.346. The molecule has 3 heterocycles. The average Bonchev–Trinajstić information content (AvgIpc) is 2.79. The number of piperidine rings is 1. The molecule has 6 heteroatoms. The summed E-state index contributed by atoms with van der Waals surface area (Å²) in [4.78, 5) is 42.7. The molecule has 32 heavy (non-hydrogen) atoms. The van der Waals surface area contributed by atoms with E-state index in [-0.39, 0.29) is 28.5 Å². The highest BCUT2D eigenvalue weighted by Crippen LogP contribution is 2.28. The van der Waals surface area contributed by atoms with Crippen LogP contribution in [0.1, 0.15) is 65.6 Å². The van der Waals surface area contributed by atoms with Gasteiger partial charge in [-0.1, -0.05) is 26.0 Å². The third-order valence-electron chi connectivity index (χ3n) is 6.38. The molecule has 1 aliphatic heterocycles. The van der Waals surface area contributed by atoms with E-state index in [1.165, 1.54) is 0 Å². The third kappa shape index (κ3) is 4.31. The lowest BCUT2D eigenvalue weighted by atomic mass is 9.90. The van der Waals surface area contributed by atoms with Crippen LogP contribution in [-0.4, -0.2) is 33.4 Å². The highest BCUT2D eigenvalue weighted by Gasteiger charge is 2.27. The van der Waals surface area contributed by atoms with Gasteiger partial charge in [-0.15, -0.1) is 0 Å². The van der Waals surface area contributed by atoms with Crippen molar-refractivity contribution in [3.05, 3.63) is 97.8 Å². The molecule has 2 aromatic heterocycles. The van der Waals surface area contributed by atoms with Crippen molar-refractivity contribution >= 4 is 5.91 Å². The zero-order valence-corrected chi connectivity index (χ0v) is 18.8. The van der Waals surface area contributed by atoms with Crippen LogP contribution in [0.4, 0.5) is 0 Å². The van der Waals surface area contributed by atoms with Gasteiger partial charge in [0.15, 0.2) is 0 Å². The Balaban J connectivity index is 1.58. The van der Waals surface area contributed by atoms with E-state index in [9.17, 15) is 14.4 Å². The van der Waals surface area contributed by atoms with Crippen LogP contribution in [-0.2, 0) is 0 Å². The number of rotatable bonds is 4. The van der Waals surface area contributed by atoms with Crippen LogP contribution in [0, 0.1) is 6.92 Å². The standard InChI is InChI=1S/C26H29N3O3/c1-17(2)20-5-4-6-22(15-20)29-14-8-18(3)24(26(29)32)25(31)28-12-9-19(10-13-28)21-7-11-27-23(30)16-21/h4-8,11,14-17,19H,9-10,12-13H2,1-3H3,(H,27,30). The second kappa shape index (κ2) is 8.99. The van der Waals surface area contributed by atoms with Crippen molar-refractivity contribution in [1.29, 1.82) is 0 Å². The van der Waals surface area contributed by atoms with Gasteiger partial charge in [0.25, 0.3) is 11.5 Å². The van der Waals surface area contributed by atoms with Crippen LogP contribution in [0.3, 0.4) is 0 Å². The minimum atomic E-state index is -0.285. The first-order chi connectivity index (χ1) is 15.3. The molecule has 1 aromatic carbocycles. The molecule has 166 valence electrons. The molecular weight excluding hydrogens is 402 g/mol. The Morgan fingerprint density at radius 2 is 1.81 bits per heavy atom. The summed E-state index contributed by atoms with van der Waals surface area (Å²) in [6.45, 7) is 7.16. The predicted molar refractivity (Wildman–Crippen MR) is 126 cm³/mol. The van der Waals surface area contributed by atoms with Crippen LogP contribution < -0.4 is 11.1 Å². The van der Waals surface area contributed by atoms with E-state index in [1.54, 1.807) is 27.9 Å². The summed E-state index contributed by atoms with van der Waals surface area (Å²) in [7, 11) is 0. The zero-order chi connectivity index (χ0) is 22.8. The predicted octanol–water partition coefficient (Wildman–Crippen LogP) is 3.98. The van der Waals surface area contributed by atoms with Gasteiger partial charge < -0.3 is 9.88 Å². The lowest BCUT2D eigenvalue weighted by Gasteiger charge is -2.32. The second-order valence-electron chi connectivity index (χ2n) is 8.85. The maximum absolute atomic E-state index is 13.4. The summed E-state index contributed by atoms with van der Waals surface area (Å²) in [5.74, 6) is 0.374. The normalized spacial score (nSPS) is 14.7. The Kier molecular flexibility index (Phi) is 6.12. The van der Waals surface area contributed by atoms with Gasteiger partial charge in [0.1, 0.15) is 5.56 Å². The number of aryl methyl sites for hydroxylation is 1. The molecule has 1 amide bonds. The fourth-order valence-corrected chi connectivity index (χ4v) is 4.41. The van der Waals surface area contributed by atoms with Crippen molar-refractivity contribution in [2.75, 3.05) is 13.1 Å². The van der Waals surface area contributed by atoms with Gasteiger partial charge in [-0.2, -0.15) is 0 Å². The van der Waals surface area contributed by atoms with E-state index < -0.39 is 0 Å². The van der Waals surface area contributed by atoms with Gasteiger partial charge in [-0.25, -0.2) is 0 Å². The summed E-state index contributed by atoms with van der Waals surface area (Å²) in [5.41, 5.74) is 3.44. The van der Waals surface area contributed by atoms with Crippen molar-refractivity contribution in [3.8, 4) is 5.69 Å². The van der Waals surface area contributed by atoms with Crippen molar-refractivity contribution in [3.63, 3.8) is 0 Å². The van der Waals surface area contributed by atoms with Crippen LogP contribution in [0.15, 0.2) is 64.4 Å². The quantitative estimate of drug-likeness (QED) is 0.679. The molecule has 0 spiro atoms. The topological polar surface area (TPSA) is 75.2 Å². The van der Waals surface area contributed by atoms with Gasteiger partial charge in [0.05, 0.1) is 0 Å². The Hall–Kier alpha value is -3.41. The highest BCUT2D eigenvalue weighted by molar-refractivity contribution is 5.95. The molecule has 0 atom stereocenters. The monoisotopic (exact) mass is 431 g/mol. The maximum atomic E-state index is 13.4. The van der Waals surface area contributed by atoms with Crippen LogP contribution >= 0.6 is 0 Å². The number of hydrogen-bond acceptors (Lipinski definition) is 3. The SMILES string of the molecule is Cc1ccn(-c2cccc(C(C)C)c2)c(=O)c1C(=O)N1CCC(c2cc[nH]c(=O)c2)CC1. The van der Waals surface area contributed by atoms with Gasteiger partial charge in [-0.05, 0) is 72.6 Å². The van der Waals surface area contributed by atoms with Crippen LogP contribution in [0.5, 0.6) is 0 Å².